The van der Waals surface area contributed by atoms with Gasteiger partial charge in [-0.2, -0.15) is 0 Å². The van der Waals surface area contributed by atoms with Gasteiger partial charge in [0.1, 0.15) is 0 Å². The van der Waals surface area contributed by atoms with Crippen LogP contribution in [0.1, 0.15) is 25.0 Å². The minimum Gasteiger partial charge on any atom is -0.317 e. The van der Waals surface area contributed by atoms with Crippen molar-refractivity contribution >= 4 is 0 Å². The fraction of sp³-hybridized carbons (Fsp3) is 0.600. The lowest BCUT2D eigenvalue weighted by molar-refractivity contribution is 0.275. The molecule has 1 rings (SSSR count). The average molecular weight is 234 g/mol. The van der Waals surface area contributed by atoms with Crippen molar-refractivity contribution in [3.05, 3.63) is 35.4 Å². The van der Waals surface area contributed by atoms with Crippen LogP contribution in [-0.4, -0.2) is 31.6 Å². The smallest absolute Gasteiger partial charge is 0.0230 e. The highest BCUT2D eigenvalue weighted by Crippen LogP contribution is 2.07. The van der Waals surface area contributed by atoms with Crippen LogP contribution < -0.4 is 5.32 Å². The Hall–Kier alpha value is -0.860. The number of aryl methyl sites for hydroxylation is 1. The summed E-state index contributed by atoms with van der Waals surface area (Å²) in [5.74, 6) is 0.699. The maximum atomic E-state index is 3.40. The van der Waals surface area contributed by atoms with Crippen LogP contribution in [0.15, 0.2) is 24.3 Å². The van der Waals surface area contributed by atoms with Crippen molar-refractivity contribution in [2.75, 3.05) is 26.7 Å². The van der Waals surface area contributed by atoms with Gasteiger partial charge in [0.05, 0.1) is 0 Å². The van der Waals surface area contributed by atoms with Gasteiger partial charge in [-0.25, -0.2) is 0 Å². The Morgan fingerprint density at radius 2 is 1.88 bits per heavy atom. The van der Waals surface area contributed by atoms with Gasteiger partial charge in [0.2, 0.25) is 0 Å². The number of nitrogens with zero attached hydrogens (tertiary/aromatic N) is 1. The monoisotopic (exact) mass is 234 g/mol. The lowest BCUT2D eigenvalue weighted by atomic mass is 10.1. The summed E-state index contributed by atoms with van der Waals surface area (Å²) in [5, 5.41) is 3.40. The van der Waals surface area contributed by atoms with Crippen LogP contribution in [-0.2, 0) is 6.54 Å². The van der Waals surface area contributed by atoms with E-state index >= 15 is 0 Å². The van der Waals surface area contributed by atoms with Gasteiger partial charge in [-0.05, 0) is 38.5 Å². The van der Waals surface area contributed by atoms with Crippen molar-refractivity contribution in [1.82, 2.24) is 10.2 Å². The van der Waals surface area contributed by atoms with Gasteiger partial charge in [-0.3, -0.25) is 0 Å². The highest BCUT2D eigenvalue weighted by molar-refractivity contribution is 5.21. The normalized spacial score (nSPS) is 13.0. The molecule has 1 aromatic rings. The van der Waals surface area contributed by atoms with Crippen molar-refractivity contribution in [2.45, 2.75) is 27.3 Å². The third-order valence-electron chi connectivity index (χ3n) is 2.94. The molecule has 2 heteroatoms. The maximum absolute atomic E-state index is 3.40. The Morgan fingerprint density at radius 3 is 2.47 bits per heavy atom. The molecule has 0 aromatic heterocycles. The Kier molecular flexibility index (Phi) is 6.23. The molecular weight excluding hydrogens is 208 g/mol. The molecule has 0 radical (unpaired) electrons. The summed E-state index contributed by atoms with van der Waals surface area (Å²) in [5.41, 5.74) is 2.73. The molecule has 0 saturated carbocycles. The molecule has 1 unspecified atom stereocenters. The van der Waals surface area contributed by atoms with Crippen molar-refractivity contribution in [1.29, 1.82) is 0 Å². The van der Waals surface area contributed by atoms with Gasteiger partial charge in [-0.15, -0.1) is 0 Å². The minimum absolute atomic E-state index is 0.699. The van der Waals surface area contributed by atoms with Crippen LogP contribution in [0.5, 0.6) is 0 Å². The summed E-state index contributed by atoms with van der Waals surface area (Å²) in [6.07, 6.45) is 0. The molecule has 0 aliphatic heterocycles. The number of hydrogen-bond donors (Lipinski definition) is 1. The number of rotatable bonds is 7. The Balaban J connectivity index is 2.33. The third-order valence-corrected chi connectivity index (χ3v) is 2.94. The molecule has 96 valence electrons. The van der Waals surface area contributed by atoms with Crippen molar-refractivity contribution in [3.63, 3.8) is 0 Å². The molecule has 0 amide bonds. The van der Waals surface area contributed by atoms with E-state index in [4.69, 9.17) is 0 Å². The number of hydrogen-bond acceptors (Lipinski definition) is 2. The molecular formula is C15H26N2. The predicted octanol–water partition coefficient (Wildman–Crippen LogP) is 2.67. The zero-order chi connectivity index (χ0) is 12.7. The number of benzene rings is 1. The van der Waals surface area contributed by atoms with Gasteiger partial charge in [0, 0.05) is 13.1 Å². The van der Waals surface area contributed by atoms with Gasteiger partial charge in [0.25, 0.3) is 0 Å². The first-order valence-electron chi connectivity index (χ1n) is 6.56. The van der Waals surface area contributed by atoms with E-state index in [1.54, 1.807) is 0 Å². The van der Waals surface area contributed by atoms with E-state index in [-0.39, 0.29) is 0 Å². The lowest BCUT2D eigenvalue weighted by Crippen LogP contribution is -2.30. The summed E-state index contributed by atoms with van der Waals surface area (Å²) < 4.78 is 0. The first-order valence-corrected chi connectivity index (χ1v) is 6.56. The zero-order valence-electron chi connectivity index (χ0n) is 11.7. The van der Waals surface area contributed by atoms with E-state index in [0.29, 0.717) is 5.92 Å². The molecule has 0 saturated heterocycles. The molecule has 17 heavy (non-hydrogen) atoms. The third kappa shape index (κ3) is 5.85. The summed E-state index contributed by atoms with van der Waals surface area (Å²) in [4.78, 5) is 2.40. The highest BCUT2D eigenvalue weighted by Gasteiger charge is 2.06. The van der Waals surface area contributed by atoms with Gasteiger partial charge in [0.15, 0.2) is 0 Å². The van der Waals surface area contributed by atoms with E-state index in [1.165, 1.54) is 11.1 Å². The second-order valence-corrected chi connectivity index (χ2v) is 5.10. The van der Waals surface area contributed by atoms with Crippen LogP contribution in [0.3, 0.4) is 0 Å². The maximum Gasteiger partial charge on any atom is 0.0230 e. The summed E-state index contributed by atoms with van der Waals surface area (Å²) in [6.45, 7) is 10.9. The second kappa shape index (κ2) is 7.46. The molecule has 0 aliphatic carbocycles. The molecule has 0 aliphatic rings. The number of nitrogens with one attached hydrogen (secondary N) is 1. The van der Waals surface area contributed by atoms with Crippen molar-refractivity contribution < 1.29 is 0 Å². The molecule has 1 atom stereocenters. The van der Waals surface area contributed by atoms with Gasteiger partial charge in [-0.1, -0.05) is 43.7 Å². The largest absolute Gasteiger partial charge is 0.317 e. The molecule has 0 spiro atoms. The summed E-state index contributed by atoms with van der Waals surface area (Å²) in [7, 11) is 2.20. The van der Waals surface area contributed by atoms with Crippen molar-refractivity contribution in [2.24, 2.45) is 5.92 Å². The van der Waals surface area contributed by atoms with E-state index in [9.17, 15) is 0 Å². The lowest BCUT2D eigenvalue weighted by Gasteiger charge is -2.21. The SMILES string of the molecule is CCNCC(C)CN(C)Cc1ccc(C)cc1. The highest BCUT2D eigenvalue weighted by atomic mass is 15.1. The van der Waals surface area contributed by atoms with Gasteiger partial charge >= 0.3 is 0 Å². The quantitative estimate of drug-likeness (QED) is 0.780. The van der Waals surface area contributed by atoms with E-state index in [1.807, 2.05) is 0 Å². The molecule has 1 aromatic carbocycles. The minimum atomic E-state index is 0.699. The molecule has 0 fully saturated rings. The first kappa shape index (κ1) is 14.2. The fourth-order valence-corrected chi connectivity index (χ4v) is 2.06. The first-order chi connectivity index (χ1) is 8.11. The van der Waals surface area contributed by atoms with Crippen LogP contribution >= 0.6 is 0 Å². The summed E-state index contributed by atoms with van der Waals surface area (Å²) >= 11 is 0. The zero-order valence-corrected chi connectivity index (χ0v) is 11.7. The van der Waals surface area contributed by atoms with E-state index in [0.717, 1.165) is 26.2 Å². The van der Waals surface area contributed by atoms with Crippen LogP contribution in [0.25, 0.3) is 0 Å². The Morgan fingerprint density at radius 1 is 1.24 bits per heavy atom. The van der Waals surface area contributed by atoms with Crippen LogP contribution in [0, 0.1) is 12.8 Å². The molecule has 0 bridgehead atoms. The second-order valence-electron chi connectivity index (χ2n) is 5.10. The topological polar surface area (TPSA) is 15.3 Å². The molecule has 1 N–H and O–H groups in total. The van der Waals surface area contributed by atoms with Crippen LogP contribution in [0.2, 0.25) is 0 Å². The Bertz CT molecular complexity index is 305. The van der Waals surface area contributed by atoms with E-state index in [2.05, 4.69) is 62.3 Å². The van der Waals surface area contributed by atoms with Crippen LogP contribution in [0.4, 0.5) is 0 Å². The van der Waals surface area contributed by atoms with Crippen molar-refractivity contribution in [3.8, 4) is 0 Å². The Labute approximate surface area is 106 Å². The predicted molar refractivity (Wildman–Crippen MR) is 75.2 cm³/mol. The molecule has 2 nitrogen and oxygen atoms in total. The van der Waals surface area contributed by atoms with E-state index < -0.39 is 0 Å². The summed E-state index contributed by atoms with van der Waals surface area (Å²) in [6, 6.07) is 8.82. The van der Waals surface area contributed by atoms with Gasteiger partial charge < -0.3 is 10.2 Å². The fourth-order valence-electron chi connectivity index (χ4n) is 2.06. The standard InChI is InChI=1S/C15H26N2/c1-5-16-10-14(3)11-17(4)12-15-8-6-13(2)7-9-15/h6-9,14,16H,5,10-12H2,1-4H3. The molecule has 0 heterocycles. The average Bonchev–Trinajstić information content (AvgIpc) is 2.29.